The quantitative estimate of drug-likeness (QED) is 0.631. The highest BCUT2D eigenvalue weighted by molar-refractivity contribution is 6.08. The van der Waals surface area contributed by atoms with Crippen LogP contribution >= 0.6 is 0 Å². The number of hydrogen-bond acceptors (Lipinski definition) is 3. The second kappa shape index (κ2) is 4.43. The number of amides is 2. The predicted molar refractivity (Wildman–Crippen MR) is 77.4 cm³/mol. The van der Waals surface area contributed by atoms with Crippen molar-refractivity contribution in [2.45, 2.75) is 32.7 Å². The maximum Gasteiger partial charge on any atom is 0.326 e. The van der Waals surface area contributed by atoms with Gasteiger partial charge >= 0.3 is 5.97 Å². The molecule has 5 heteroatoms. The summed E-state index contributed by atoms with van der Waals surface area (Å²) in [5, 5.41) is 9.50. The normalized spacial score (nSPS) is 42.6. The average molecular weight is 303 g/mol. The van der Waals surface area contributed by atoms with Crippen LogP contribution in [0.5, 0.6) is 0 Å². The number of carbonyl (C=O) groups is 3. The Morgan fingerprint density at radius 3 is 2.09 bits per heavy atom. The molecule has 7 atom stereocenters. The lowest BCUT2D eigenvalue weighted by atomic mass is 9.63. The van der Waals surface area contributed by atoms with Gasteiger partial charge in [0, 0.05) is 0 Å². The molecular formula is C17H21NO4. The molecule has 118 valence electrons. The number of carbonyl (C=O) groups excluding carboxylic acids is 2. The monoisotopic (exact) mass is 303 g/mol. The van der Waals surface area contributed by atoms with Crippen molar-refractivity contribution in [3.8, 4) is 0 Å². The molecule has 22 heavy (non-hydrogen) atoms. The number of rotatable bonds is 4. The molecule has 5 rings (SSSR count). The minimum Gasteiger partial charge on any atom is -0.480 e. The fourth-order valence-corrected chi connectivity index (χ4v) is 5.05. The number of allylic oxidation sites excluding steroid dienone is 2. The number of aliphatic carboxylic acids is 1. The molecule has 1 saturated heterocycles. The molecule has 0 aromatic carbocycles. The highest BCUT2D eigenvalue weighted by atomic mass is 16.4. The average Bonchev–Trinajstić information content (AvgIpc) is 3.22. The van der Waals surface area contributed by atoms with E-state index in [1.165, 1.54) is 0 Å². The lowest BCUT2D eigenvalue weighted by molar-refractivity contribution is -0.155. The molecule has 0 aromatic rings. The van der Waals surface area contributed by atoms with Crippen molar-refractivity contribution >= 4 is 17.8 Å². The van der Waals surface area contributed by atoms with Gasteiger partial charge in [-0.05, 0) is 42.4 Å². The second-order valence-corrected chi connectivity index (χ2v) is 7.68. The number of hydrogen-bond donors (Lipinski definition) is 1. The van der Waals surface area contributed by atoms with Crippen molar-refractivity contribution in [1.29, 1.82) is 0 Å². The molecule has 3 fully saturated rings. The number of likely N-dealkylation sites (tertiary alicyclic amines) is 1. The molecule has 0 spiro atoms. The van der Waals surface area contributed by atoms with E-state index in [0.717, 1.165) is 11.3 Å². The summed E-state index contributed by atoms with van der Waals surface area (Å²) in [6.45, 7) is 3.82. The van der Waals surface area contributed by atoms with Crippen molar-refractivity contribution in [1.82, 2.24) is 4.90 Å². The zero-order valence-electron chi connectivity index (χ0n) is 12.8. The summed E-state index contributed by atoms with van der Waals surface area (Å²) < 4.78 is 0. The summed E-state index contributed by atoms with van der Waals surface area (Å²) in [6, 6.07) is -1.01. The minimum atomic E-state index is -1.07. The van der Waals surface area contributed by atoms with E-state index in [0.29, 0.717) is 18.3 Å². The molecule has 2 saturated carbocycles. The molecule has 1 heterocycles. The van der Waals surface area contributed by atoms with Gasteiger partial charge in [0.2, 0.25) is 11.8 Å². The van der Waals surface area contributed by atoms with Crippen LogP contribution in [0.4, 0.5) is 0 Å². The summed E-state index contributed by atoms with van der Waals surface area (Å²) >= 11 is 0. The van der Waals surface area contributed by atoms with Crippen LogP contribution < -0.4 is 0 Å². The van der Waals surface area contributed by atoms with Crippen LogP contribution in [0.15, 0.2) is 12.2 Å². The first kappa shape index (κ1) is 14.0. The summed E-state index contributed by atoms with van der Waals surface area (Å²) in [4.78, 5) is 38.4. The van der Waals surface area contributed by atoms with Gasteiger partial charge in [-0.1, -0.05) is 26.0 Å². The van der Waals surface area contributed by atoms with E-state index < -0.39 is 12.0 Å². The van der Waals surface area contributed by atoms with Gasteiger partial charge in [-0.3, -0.25) is 14.5 Å². The highest BCUT2D eigenvalue weighted by Crippen LogP contribution is 2.65. The van der Waals surface area contributed by atoms with Crippen molar-refractivity contribution in [3.63, 3.8) is 0 Å². The van der Waals surface area contributed by atoms with Gasteiger partial charge in [0.1, 0.15) is 6.04 Å². The van der Waals surface area contributed by atoms with E-state index in [1.807, 2.05) is 13.8 Å². The van der Waals surface area contributed by atoms with Crippen LogP contribution in [0.25, 0.3) is 0 Å². The lowest BCUT2D eigenvalue weighted by Gasteiger charge is -2.37. The van der Waals surface area contributed by atoms with Gasteiger partial charge in [0.25, 0.3) is 0 Å². The van der Waals surface area contributed by atoms with Crippen molar-refractivity contribution in [2.24, 2.45) is 41.4 Å². The largest absolute Gasteiger partial charge is 0.480 e. The van der Waals surface area contributed by atoms with E-state index in [9.17, 15) is 19.5 Å². The van der Waals surface area contributed by atoms with Crippen LogP contribution in [0, 0.1) is 41.4 Å². The Bertz CT molecular complexity index is 559. The molecule has 5 nitrogen and oxygen atoms in total. The van der Waals surface area contributed by atoms with Crippen LogP contribution in [0.2, 0.25) is 0 Å². The fourth-order valence-electron chi connectivity index (χ4n) is 5.05. The molecule has 2 amide bonds. The fraction of sp³-hybridized carbons (Fsp3) is 0.706. The SMILES string of the molecule is CC(C)C[C@H](C(=O)O)N1C(=O)[C@@H]2[C@H]3C=C[C@@H]([C@@H]4C[C@@H]34)[C@H]2C1=O. The molecule has 0 radical (unpaired) electrons. The van der Waals surface area contributed by atoms with E-state index in [4.69, 9.17) is 0 Å². The summed E-state index contributed by atoms with van der Waals surface area (Å²) in [6.07, 6.45) is 5.64. The van der Waals surface area contributed by atoms with Crippen LogP contribution in [-0.4, -0.2) is 33.8 Å². The second-order valence-electron chi connectivity index (χ2n) is 7.68. The third-order valence-electron chi connectivity index (χ3n) is 5.99. The van der Waals surface area contributed by atoms with Gasteiger partial charge < -0.3 is 5.11 Å². The smallest absolute Gasteiger partial charge is 0.326 e. The Morgan fingerprint density at radius 2 is 1.68 bits per heavy atom. The Kier molecular flexibility index (Phi) is 2.81. The van der Waals surface area contributed by atoms with E-state index in [1.54, 1.807) is 0 Å². The van der Waals surface area contributed by atoms with Gasteiger partial charge in [-0.15, -0.1) is 0 Å². The topological polar surface area (TPSA) is 74.7 Å². The van der Waals surface area contributed by atoms with Gasteiger partial charge in [0.15, 0.2) is 0 Å². The van der Waals surface area contributed by atoms with Gasteiger partial charge in [-0.25, -0.2) is 4.79 Å². The zero-order valence-corrected chi connectivity index (χ0v) is 12.8. The summed E-state index contributed by atoms with van der Waals surface area (Å²) in [7, 11) is 0. The molecule has 0 unspecified atom stereocenters. The molecule has 0 aromatic heterocycles. The Labute approximate surface area is 129 Å². The number of carboxylic acid groups (broad SMARTS) is 1. The summed E-state index contributed by atoms with van der Waals surface area (Å²) in [5.41, 5.74) is 0. The molecule has 1 aliphatic heterocycles. The number of nitrogens with zero attached hydrogens (tertiary/aromatic N) is 1. The van der Waals surface area contributed by atoms with E-state index >= 15 is 0 Å². The highest BCUT2D eigenvalue weighted by Gasteiger charge is 2.67. The molecule has 4 aliphatic carbocycles. The maximum absolute atomic E-state index is 12.8. The van der Waals surface area contributed by atoms with Gasteiger partial charge in [0.05, 0.1) is 11.8 Å². The standard InChI is InChI=1S/C17H21NO4/c1-7(2)5-12(17(21)22)18-15(19)13-8-3-4-9(11-6-10(8)11)14(13)16(18)20/h3-4,7-14H,5-6H2,1-2H3,(H,21,22)/t8-,9-,10-,11-,12+,13+,14+/m0/s1. The van der Waals surface area contributed by atoms with Gasteiger partial charge in [-0.2, -0.15) is 0 Å². The summed E-state index contributed by atoms with van der Waals surface area (Å²) in [5.74, 6) is -0.666. The van der Waals surface area contributed by atoms with Crippen LogP contribution in [-0.2, 0) is 14.4 Å². The lowest BCUT2D eigenvalue weighted by Crippen LogP contribution is -2.46. The van der Waals surface area contributed by atoms with Crippen molar-refractivity contribution in [2.75, 3.05) is 0 Å². The minimum absolute atomic E-state index is 0.118. The first-order valence-electron chi connectivity index (χ1n) is 8.20. The first-order valence-corrected chi connectivity index (χ1v) is 8.20. The van der Waals surface area contributed by atoms with Crippen LogP contribution in [0.1, 0.15) is 26.7 Å². The molecular weight excluding hydrogens is 282 g/mol. The third kappa shape index (κ3) is 1.68. The predicted octanol–water partition coefficient (Wildman–Crippen LogP) is 1.54. The number of carboxylic acids is 1. The first-order chi connectivity index (χ1) is 10.4. The van der Waals surface area contributed by atoms with Crippen LogP contribution in [0.3, 0.4) is 0 Å². The maximum atomic E-state index is 12.8. The molecule has 5 aliphatic rings. The zero-order chi connectivity index (χ0) is 15.8. The Balaban J connectivity index is 1.68. The van der Waals surface area contributed by atoms with Crippen molar-refractivity contribution < 1.29 is 19.5 Å². The van der Waals surface area contributed by atoms with E-state index in [-0.39, 0.29) is 41.4 Å². The van der Waals surface area contributed by atoms with Crippen molar-refractivity contribution in [3.05, 3.63) is 12.2 Å². The Hall–Kier alpha value is -1.65. The number of imide groups is 1. The Morgan fingerprint density at radius 1 is 1.18 bits per heavy atom. The van der Waals surface area contributed by atoms with E-state index in [2.05, 4.69) is 12.2 Å². The molecule has 2 bridgehead atoms. The molecule has 1 N–H and O–H groups in total. The third-order valence-corrected chi connectivity index (χ3v) is 5.99.